The van der Waals surface area contributed by atoms with Crippen molar-refractivity contribution in [1.29, 1.82) is 0 Å². The Morgan fingerprint density at radius 2 is 2.14 bits per heavy atom. The molecule has 1 fully saturated rings. The summed E-state index contributed by atoms with van der Waals surface area (Å²) in [5.74, 6) is 1.27. The Bertz CT molecular complexity index is 1030. The summed E-state index contributed by atoms with van der Waals surface area (Å²) < 4.78 is 11.4. The molecule has 2 aromatic carbocycles. The van der Waals surface area contributed by atoms with Crippen LogP contribution in [-0.2, 0) is 11.2 Å². The minimum Gasteiger partial charge on any atom is -0.496 e. The second-order valence-corrected chi connectivity index (χ2v) is 7.72. The van der Waals surface area contributed by atoms with Crippen LogP contribution >= 0.6 is 23.8 Å². The number of hydrogen-bond acceptors (Lipinski definition) is 4. The molecule has 28 heavy (non-hydrogen) atoms. The lowest BCUT2D eigenvalue weighted by Crippen LogP contribution is -2.30. The van der Waals surface area contributed by atoms with Gasteiger partial charge in [0.25, 0.3) is 5.91 Å². The first kappa shape index (κ1) is 18.8. The first-order valence-electron chi connectivity index (χ1n) is 8.88. The Labute approximate surface area is 173 Å². The third-order valence-electron chi connectivity index (χ3n) is 4.83. The predicted octanol–water partition coefficient (Wildman–Crippen LogP) is 4.24. The molecule has 0 radical (unpaired) electrons. The Kier molecular flexibility index (Phi) is 4.77. The van der Waals surface area contributed by atoms with Crippen molar-refractivity contribution in [2.75, 3.05) is 12.0 Å². The van der Waals surface area contributed by atoms with Crippen molar-refractivity contribution in [3.8, 4) is 11.5 Å². The van der Waals surface area contributed by atoms with Gasteiger partial charge in [-0.15, -0.1) is 0 Å². The van der Waals surface area contributed by atoms with E-state index in [9.17, 15) is 4.79 Å². The highest BCUT2D eigenvalue weighted by Crippen LogP contribution is 2.36. The molecule has 5 nitrogen and oxygen atoms in total. The van der Waals surface area contributed by atoms with E-state index in [1.807, 2.05) is 26.0 Å². The Balaban J connectivity index is 1.71. The molecule has 2 aliphatic rings. The third kappa shape index (κ3) is 3.23. The lowest BCUT2D eigenvalue weighted by atomic mass is 10.1. The van der Waals surface area contributed by atoms with Crippen LogP contribution < -0.4 is 19.7 Å². The Morgan fingerprint density at radius 3 is 2.86 bits per heavy atom. The summed E-state index contributed by atoms with van der Waals surface area (Å²) in [5.41, 5.74) is 3.80. The largest absolute Gasteiger partial charge is 0.496 e. The number of halogens is 1. The summed E-state index contributed by atoms with van der Waals surface area (Å²) in [6.45, 7) is 3.91. The molecule has 0 saturated carbocycles. The monoisotopic (exact) mass is 414 g/mol. The highest BCUT2D eigenvalue weighted by atomic mass is 35.5. The van der Waals surface area contributed by atoms with Crippen LogP contribution in [0.15, 0.2) is 36.0 Å². The summed E-state index contributed by atoms with van der Waals surface area (Å²) in [7, 11) is 1.61. The van der Waals surface area contributed by atoms with Gasteiger partial charge in [-0.2, -0.15) is 0 Å². The van der Waals surface area contributed by atoms with Gasteiger partial charge >= 0.3 is 0 Å². The number of carbonyl (C=O) groups excluding carboxylic acids is 1. The molecule has 1 amide bonds. The van der Waals surface area contributed by atoms with E-state index in [0.29, 0.717) is 27.3 Å². The number of hydrogen-bond donors (Lipinski definition) is 1. The zero-order valence-corrected chi connectivity index (χ0v) is 17.3. The standard InChI is InChI=1S/C21H19ClN2O3S/c1-11-6-15(22)4-5-17(11)24-20(25)16(23-21(24)28)8-14-10-19-13(7-12(2)27-19)9-18(14)26-3/h4-6,8-10,12H,7H2,1-3H3,(H,23,28)/b16-8-. The maximum atomic E-state index is 13.0. The number of methoxy groups -OCH3 is 1. The third-order valence-corrected chi connectivity index (χ3v) is 5.35. The van der Waals surface area contributed by atoms with E-state index in [1.54, 1.807) is 31.4 Å². The van der Waals surface area contributed by atoms with E-state index in [1.165, 1.54) is 4.90 Å². The van der Waals surface area contributed by atoms with Gasteiger partial charge in [0, 0.05) is 22.6 Å². The molecule has 0 aromatic heterocycles. The summed E-state index contributed by atoms with van der Waals surface area (Å²) in [6.07, 6.45) is 2.71. The van der Waals surface area contributed by atoms with E-state index in [0.717, 1.165) is 28.9 Å². The van der Waals surface area contributed by atoms with Gasteiger partial charge in [0.15, 0.2) is 5.11 Å². The number of anilines is 1. The van der Waals surface area contributed by atoms with Gasteiger partial charge in [0.2, 0.25) is 0 Å². The minimum atomic E-state index is -0.229. The number of ether oxygens (including phenoxy) is 2. The number of aryl methyl sites for hydroxylation is 1. The van der Waals surface area contributed by atoms with Crippen molar-refractivity contribution < 1.29 is 14.3 Å². The molecule has 1 unspecified atom stereocenters. The first-order valence-corrected chi connectivity index (χ1v) is 9.67. The van der Waals surface area contributed by atoms with Crippen molar-refractivity contribution in [2.45, 2.75) is 26.4 Å². The molecule has 4 rings (SSSR count). The van der Waals surface area contributed by atoms with Gasteiger partial charge in [-0.05, 0) is 68.0 Å². The summed E-state index contributed by atoms with van der Waals surface area (Å²) >= 11 is 11.4. The first-order chi connectivity index (χ1) is 13.4. The summed E-state index contributed by atoms with van der Waals surface area (Å²) in [4.78, 5) is 14.5. The fraction of sp³-hybridized carbons (Fsp3) is 0.238. The van der Waals surface area contributed by atoms with Gasteiger partial charge in [0.1, 0.15) is 23.3 Å². The second-order valence-electron chi connectivity index (χ2n) is 6.89. The van der Waals surface area contributed by atoms with Gasteiger partial charge in [-0.25, -0.2) is 0 Å². The molecule has 0 spiro atoms. The van der Waals surface area contributed by atoms with Crippen LogP contribution in [0.1, 0.15) is 23.6 Å². The van der Waals surface area contributed by atoms with Crippen molar-refractivity contribution in [3.05, 3.63) is 57.7 Å². The minimum absolute atomic E-state index is 0.129. The Hall–Kier alpha value is -2.57. The van der Waals surface area contributed by atoms with Crippen LogP contribution in [0.3, 0.4) is 0 Å². The number of thiocarbonyl (C=S) groups is 1. The van der Waals surface area contributed by atoms with Crippen molar-refractivity contribution >= 4 is 46.6 Å². The average Bonchev–Trinajstić information content (AvgIpc) is 3.13. The average molecular weight is 415 g/mol. The van der Waals surface area contributed by atoms with Crippen molar-refractivity contribution in [2.24, 2.45) is 0 Å². The van der Waals surface area contributed by atoms with E-state index in [4.69, 9.17) is 33.3 Å². The molecule has 0 bridgehead atoms. The normalized spacial score (nSPS) is 19.6. The molecule has 1 atom stereocenters. The maximum Gasteiger partial charge on any atom is 0.281 e. The number of fused-ring (bicyclic) bond motifs is 1. The van der Waals surface area contributed by atoms with Crippen LogP contribution in [0.4, 0.5) is 5.69 Å². The van der Waals surface area contributed by atoms with Gasteiger partial charge in [-0.1, -0.05) is 11.6 Å². The molecule has 7 heteroatoms. The van der Waals surface area contributed by atoms with Crippen molar-refractivity contribution in [3.63, 3.8) is 0 Å². The molecule has 2 aromatic rings. The van der Waals surface area contributed by atoms with Crippen LogP contribution in [-0.4, -0.2) is 24.2 Å². The van der Waals surface area contributed by atoms with Gasteiger partial charge in [0.05, 0.1) is 12.8 Å². The number of amides is 1. The quantitative estimate of drug-likeness (QED) is 0.601. The van der Waals surface area contributed by atoms with Crippen LogP contribution in [0.5, 0.6) is 11.5 Å². The topological polar surface area (TPSA) is 50.8 Å². The highest BCUT2D eigenvalue weighted by Gasteiger charge is 2.33. The maximum absolute atomic E-state index is 13.0. The molecule has 144 valence electrons. The smallest absolute Gasteiger partial charge is 0.281 e. The van der Waals surface area contributed by atoms with Crippen LogP contribution in [0, 0.1) is 6.92 Å². The van der Waals surface area contributed by atoms with E-state index in [-0.39, 0.29) is 12.0 Å². The zero-order valence-electron chi connectivity index (χ0n) is 15.7. The number of nitrogens with one attached hydrogen (secondary N) is 1. The molecule has 1 N–H and O–H groups in total. The zero-order chi connectivity index (χ0) is 20.0. The molecule has 2 aliphatic heterocycles. The van der Waals surface area contributed by atoms with E-state index < -0.39 is 0 Å². The molecular weight excluding hydrogens is 396 g/mol. The summed E-state index contributed by atoms with van der Waals surface area (Å²) in [5, 5.41) is 3.95. The summed E-state index contributed by atoms with van der Waals surface area (Å²) in [6, 6.07) is 9.20. The molecule has 1 saturated heterocycles. The SMILES string of the molecule is COc1cc2c(cc1/C=C1\NC(=S)N(c3ccc(Cl)cc3C)C1=O)OC(C)C2. The lowest BCUT2D eigenvalue weighted by Gasteiger charge is -2.16. The predicted molar refractivity (Wildman–Crippen MR) is 114 cm³/mol. The molecule has 2 heterocycles. The van der Waals surface area contributed by atoms with Gasteiger partial charge in [-0.3, -0.25) is 9.69 Å². The second kappa shape index (κ2) is 7.11. The number of benzene rings is 2. The fourth-order valence-electron chi connectivity index (χ4n) is 3.52. The van der Waals surface area contributed by atoms with E-state index in [2.05, 4.69) is 5.32 Å². The Morgan fingerprint density at radius 1 is 1.36 bits per heavy atom. The number of rotatable bonds is 3. The van der Waals surface area contributed by atoms with E-state index >= 15 is 0 Å². The molecular formula is C21H19ClN2O3S. The fourth-order valence-corrected chi connectivity index (χ4v) is 4.04. The molecule has 0 aliphatic carbocycles. The van der Waals surface area contributed by atoms with Crippen LogP contribution in [0.2, 0.25) is 5.02 Å². The number of carbonyl (C=O) groups is 1. The number of nitrogens with zero attached hydrogens (tertiary/aromatic N) is 1. The van der Waals surface area contributed by atoms with Gasteiger partial charge < -0.3 is 14.8 Å². The van der Waals surface area contributed by atoms with Crippen LogP contribution in [0.25, 0.3) is 6.08 Å². The lowest BCUT2D eigenvalue weighted by molar-refractivity contribution is -0.113. The van der Waals surface area contributed by atoms with Crippen molar-refractivity contribution in [1.82, 2.24) is 5.32 Å². The highest BCUT2D eigenvalue weighted by molar-refractivity contribution is 7.80.